The largest absolute Gasteiger partial charge is 0.325 e. The molecule has 32 heavy (non-hydrogen) atoms. The molecule has 5 rings (SSSR count). The fourth-order valence-corrected chi connectivity index (χ4v) is 5.22. The van der Waals surface area contributed by atoms with Gasteiger partial charge in [0.25, 0.3) is 0 Å². The summed E-state index contributed by atoms with van der Waals surface area (Å²) in [7, 11) is 0. The number of hydrogen-bond donors (Lipinski definition) is 1. The maximum absolute atomic E-state index is 13.0. The predicted octanol–water partition coefficient (Wildman–Crippen LogP) is 4.29. The number of ketones is 1. The van der Waals surface area contributed by atoms with Gasteiger partial charge in [-0.1, -0.05) is 30.3 Å². The van der Waals surface area contributed by atoms with E-state index in [0.29, 0.717) is 6.42 Å². The van der Waals surface area contributed by atoms with Crippen molar-refractivity contribution in [3.63, 3.8) is 0 Å². The molecule has 1 atom stereocenters. The molecule has 1 saturated heterocycles. The Morgan fingerprint density at radius 1 is 0.969 bits per heavy atom. The van der Waals surface area contributed by atoms with Gasteiger partial charge in [-0.05, 0) is 48.1 Å². The van der Waals surface area contributed by atoms with Crippen LogP contribution in [0.3, 0.4) is 0 Å². The summed E-state index contributed by atoms with van der Waals surface area (Å²) >= 11 is 0. The fraction of sp³-hybridized carbons (Fsp3) is 0.440. The molecule has 1 N–H and O–H groups in total. The lowest BCUT2D eigenvalue weighted by atomic mass is 9.80. The van der Waals surface area contributed by atoms with Gasteiger partial charge in [-0.3, -0.25) is 14.5 Å². The summed E-state index contributed by atoms with van der Waals surface area (Å²) in [4.78, 5) is 30.1. The highest BCUT2D eigenvalue weighted by molar-refractivity contribution is 6.06. The van der Waals surface area contributed by atoms with Gasteiger partial charge >= 0.3 is 0 Å². The standard InChI is InChI=1S/C25H29N3O2.2ClH/c29-23(19-9-10-22-24-20(19)7-4-8-21(24)25(30)26-22)11-12-27-13-15-28(16-14-27)17-18-5-2-1-3-6-18;;/h1-3,5-6,9-10,21H,4,7-8,11-17H2,(H,26,30);2*1H. The lowest BCUT2D eigenvalue weighted by molar-refractivity contribution is -0.117. The van der Waals surface area contributed by atoms with Crippen LogP contribution in [0, 0.1) is 0 Å². The van der Waals surface area contributed by atoms with Gasteiger partial charge in [0.2, 0.25) is 5.91 Å². The molecule has 0 spiro atoms. The first-order valence-corrected chi connectivity index (χ1v) is 11.2. The minimum atomic E-state index is -0.0470. The Hall–Kier alpha value is -1.92. The van der Waals surface area contributed by atoms with E-state index in [2.05, 4.69) is 45.4 Å². The molecule has 1 fully saturated rings. The van der Waals surface area contributed by atoms with E-state index < -0.39 is 0 Å². The van der Waals surface area contributed by atoms with Crippen molar-refractivity contribution in [3.8, 4) is 0 Å². The van der Waals surface area contributed by atoms with Crippen LogP contribution in [0.1, 0.15) is 52.2 Å². The van der Waals surface area contributed by atoms with Crippen molar-refractivity contribution < 1.29 is 9.59 Å². The van der Waals surface area contributed by atoms with Crippen LogP contribution in [0.5, 0.6) is 0 Å². The van der Waals surface area contributed by atoms with Gasteiger partial charge in [-0.25, -0.2) is 0 Å². The van der Waals surface area contributed by atoms with E-state index in [1.165, 1.54) is 5.56 Å². The molecule has 0 saturated carbocycles. The lowest BCUT2D eigenvalue weighted by Crippen LogP contribution is -2.46. The summed E-state index contributed by atoms with van der Waals surface area (Å²) in [6, 6.07) is 14.5. The zero-order chi connectivity index (χ0) is 20.5. The highest BCUT2D eigenvalue weighted by atomic mass is 35.5. The van der Waals surface area contributed by atoms with E-state index in [9.17, 15) is 9.59 Å². The zero-order valence-corrected chi connectivity index (χ0v) is 19.9. The number of carbonyl (C=O) groups excluding carboxylic acids is 2. The van der Waals surface area contributed by atoms with Gasteiger partial charge in [0.1, 0.15) is 0 Å². The highest BCUT2D eigenvalue weighted by Crippen LogP contribution is 2.43. The first kappa shape index (κ1) is 24.7. The number of benzene rings is 2. The Morgan fingerprint density at radius 2 is 1.69 bits per heavy atom. The predicted molar refractivity (Wildman–Crippen MR) is 132 cm³/mol. The van der Waals surface area contributed by atoms with Crippen molar-refractivity contribution >= 4 is 42.2 Å². The molecule has 2 heterocycles. The quantitative estimate of drug-likeness (QED) is 0.632. The summed E-state index contributed by atoms with van der Waals surface area (Å²) in [5, 5.41) is 2.99. The highest BCUT2D eigenvalue weighted by Gasteiger charge is 2.36. The average Bonchev–Trinajstić information content (AvgIpc) is 3.11. The topological polar surface area (TPSA) is 52.7 Å². The van der Waals surface area contributed by atoms with E-state index in [-0.39, 0.29) is 42.4 Å². The monoisotopic (exact) mass is 475 g/mol. The van der Waals surface area contributed by atoms with Crippen LogP contribution >= 0.6 is 24.8 Å². The Balaban J connectivity index is 0.00000144. The van der Waals surface area contributed by atoms with Crippen LogP contribution in [0.25, 0.3) is 0 Å². The third-order valence-electron chi connectivity index (χ3n) is 6.87. The first-order valence-electron chi connectivity index (χ1n) is 11.2. The second kappa shape index (κ2) is 10.8. The Bertz CT molecular complexity index is 959. The summed E-state index contributed by atoms with van der Waals surface area (Å²) in [6.45, 7) is 5.93. The number of halogens is 2. The van der Waals surface area contributed by atoms with E-state index in [0.717, 1.165) is 80.9 Å². The van der Waals surface area contributed by atoms with Gasteiger partial charge in [-0.2, -0.15) is 0 Å². The van der Waals surface area contributed by atoms with Crippen LogP contribution in [0.15, 0.2) is 42.5 Å². The van der Waals surface area contributed by atoms with Crippen molar-refractivity contribution in [3.05, 3.63) is 64.7 Å². The molecule has 5 nitrogen and oxygen atoms in total. The number of rotatable bonds is 6. The van der Waals surface area contributed by atoms with Gasteiger partial charge in [0.05, 0.1) is 5.92 Å². The van der Waals surface area contributed by atoms with Crippen molar-refractivity contribution in [2.24, 2.45) is 0 Å². The Labute approximate surface area is 202 Å². The molecule has 2 aliphatic heterocycles. The molecule has 2 aromatic rings. The Kier molecular flexibility index (Phi) is 8.34. The fourth-order valence-electron chi connectivity index (χ4n) is 5.22. The molecule has 3 aliphatic rings. The molecular weight excluding hydrogens is 445 g/mol. The number of nitrogens with one attached hydrogen (secondary N) is 1. The van der Waals surface area contributed by atoms with Crippen molar-refractivity contribution in [2.45, 2.75) is 38.1 Å². The van der Waals surface area contributed by atoms with Gasteiger partial charge < -0.3 is 10.2 Å². The van der Waals surface area contributed by atoms with Crippen LogP contribution in [0.2, 0.25) is 0 Å². The van der Waals surface area contributed by atoms with E-state index in [1.54, 1.807) is 0 Å². The molecule has 1 aliphatic carbocycles. The SMILES string of the molecule is Cl.Cl.O=C(CCN1CCN(Cc2ccccc2)CC1)c1ccc2c3c1CCCC3C(=O)N2. The number of Topliss-reactive ketones (excluding diaryl/α,β-unsaturated/α-hetero) is 1. The maximum atomic E-state index is 13.0. The van der Waals surface area contributed by atoms with Crippen LogP contribution in [-0.4, -0.2) is 54.2 Å². The maximum Gasteiger partial charge on any atom is 0.232 e. The van der Waals surface area contributed by atoms with Crippen LogP contribution < -0.4 is 5.32 Å². The molecular formula is C25H31Cl2N3O2. The second-order valence-corrected chi connectivity index (χ2v) is 8.76. The second-order valence-electron chi connectivity index (χ2n) is 8.76. The molecule has 0 aromatic heterocycles. The van der Waals surface area contributed by atoms with E-state index in [4.69, 9.17) is 0 Å². The van der Waals surface area contributed by atoms with Gasteiger partial charge in [-0.15, -0.1) is 24.8 Å². The zero-order valence-electron chi connectivity index (χ0n) is 18.2. The number of anilines is 1. The number of hydrogen-bond acceptors (Lipinski definition) is 4. The molecule has 0 radical (unpaired) electrons. The van der Waals surface area contributed by atoms with Crippen LogP contribution in [0.4, 0.5) is 5.69 Å². The van der Waals surface area contributed by atoms with Crippen molar-refractivity contribution in [1.29, 1.82) is 0 Å². The summed E-state index contributed by atoms with van der Waals surface area (Å²) in [5.74, 6) is 0.276. The lowest BCUT2D eigenvalue weighted by Gasteiger charge is -2.34. The first-order chi connectivity index (χ1) is 14.7. The number of piperazine rings is 1. The Morgan fingerprint density at radius 3 is 2.44 bits per heavy atom. The molecule has 1 unspecified atom stereocenters. The average molecular weight is 476 g/mol. The molecule has 7 heteroatoms. The van der Waals surface area contributed by atoms with Gasteiger partial charge in [0, 0.05) is 56.9 Å². The molecule has 1 amide bonds. The third kappa shape index (κ3) is 5.01. The van der Waals surface area contributed by atoms with Crippen LogP contribution in [-0.2, 0) is 17.8 Å². The molecule has 0 bridgehead atoms. The number of nitrogens with zero attached hydrogens (tertiary/aromatic N) is 2. The minimum Gasteiger partial charge on any atom is -0.325 e. The number of carbonyl (C=O) groups is 2. The normalized spacial score (nSPS) is 20.0. The van der Waals surface area contributed by atoms with Gasteiger partial charge in [0.15, 0.2) is 5.78 Å². The third-order valence-corrected chi connectivity index (χ3v) is 6.87. The smallest absolute Gasteiger partial charge is 0.232 e. The van der Waals surface area contributed by atoms with E-state index in [1.807, 2.05) is 12.1 Å². The number of amides is 1. The molecule has 2 aromatic carbocycles. The molecule has 172 valence electrons. The summed E-state index contributed by atoms with van der Waals surface area (Å²) in [6.07, 6.45) is 3.35. The summed E-state index contributed by atoms with van der Waals surface area (Å²) < 4.78 is 0. The van der Waals surface area contributed by atoms with E-state index >= 15 is 0 Å². The summed E-state index contributed by atoms with van der Waals surface area (Å²) in [5.41, 5.74) is 5.35. The van der Waals surface area contributed by atoms with Crippen molar-refractivity contribution in [1.82, 2.24) is 9.80 Å². The minimum absolute atomic E-state index is 0. The van der Waals surface area contributed by atoms with Crippen molar-refractivity contribution in [2.75, 3.05) is 38.0 Å².